The smallest absolute Gasteiger partial charge is 0.358 e. The van der Waals surface area contributed by atoms with Crippen molar-refractivity contribution in [2.24, 2.45) is 0 Å². The Balaban J connectivity index is 2.64. The molecule has 0 saturated heterocycles. The Morgan fingerprint density at radius 2 is 2.06 bits per heavy atom. The average molecular weight is 219 g/mol. The number of carbonyl (C=O) groups is 1. The quantitative estimate of drug-likeness (QED) is 0.807. The van der Waals surface area contributed by atoms with E-state index < -0.39 is 5.97 Å². The van der Waals surface area contributed by atoms with Gasteiger partial charge in [-0.2, -0.15) is 0 Å². The molecule has 0 atom stereocenters. The number of aromatic hydroxyl groups is 1. The molecule has 0 bridgehead atoms. The molecule has 2 rings (SSSR count). The molecule has 1 heterocycles. The zero-order valence-electron chi connectivity index (χ0n) is 8.47. The molecule has 1 aromatic heterocycles. The van der Waals surface area contributed by atoms with Crippen LogP contribution in [-0.2, 0) is 0 Å². The fraction of sp³-hybridized carbons (Fsp3) is 0.0909. The monoisotopic (exact) mass is 219 g/mol. The lowest BCUT2D eigenvalue weighted by Crippen LogP contribution is -1.98. The number of nitrogens with zero attached hydrogens (tertiary/aromatic N) is 1. The molecule has 2 aromatic rings. The molecular formula is C11H9NO4. The Morgan fingerprint density at radius 3 is 2.69 bits per heavy atom. The summed E-state index contributed by atoms with van der Waals surface area (Å²) in [5, 5.41) is 18.5. The third-order valence-corrected chi connectivity index (χ3v) is 2.09. The maximum absolute atomic E-state index is 10.9. The summed E-state index contributed by atoms with van der Waals surface area (Å²) in [7, 11) is 0. The van der Waals surface area contributed by atoms with E-state index in [1.807, 2.05) is 0 Å². The molecule has 0 aliphatic rings. The second-order valence-electron chi connectivity index (χ2n) is 3.23. The second-order valence-corrected chi connectivity index (χ2v) is 3.23. The second kappa shape index (κ2) is 3.69. The van der Waals surface area contributed by atoms with Crippen LogP contribution in [0.25, 0.3) is 11.3 Å². The van der Waals surface area contributed by atoms with Gasteiger partial charge in [0.2, 0.25) is 0 Å². The van der Waals surface area contributed by atoms with Crippen molar-refractivity contribution in [1.29, 1.82) is 0 Å². The van der Waals surface area contributed by atoms with Crippen molar-refractivity contribution in [3.8, 4) is 17.1 Å². The predicted octanol–water partition coefficient (Wildman–Crippen LogP) is 2.05. The molecule has 82 valence electrons. The fourth-order valence-corrected chi connectivity index (χ4v) is 1.42. The first-order chi connectivity index (χ1) is 7.59. The van der Waals surface area contributed by atoms with Gasteiger partial charge in [-0.15, -0.1) is 0 Å². The van der Waals surface area contributed by atoms with Crippen LogP contribution >= 0.6 is 0 Å². The van der Waals surface area contributed by atoms with Gasteiger partial charge in [-0.05, 0) is 12.1 Å². The molecule has 0 saturated carbocycles. The summed E-state index contributed by atoms with van der Waals surface area (Å²) >= 11 is 0. The number of carboxylic acids is 1. The van der Waals surface area contributed by atoms with E-state index in [1.54, 1.807) is 25.1 Å². The van der Waals surface area contributed by atoms with Gasteiger partial charge < -0.3 is 14.6 Å². The lowest BCUT2D eigenvalue weighted by atomic mass is 10.1. The largest absolute Gasteiger partial charge is 0.507 e. The van der Waals surface area contributed by atoms with Gasteiger partial charge in [0.05, 0.1) is 5.56 Å². The highest BCUT2D eigenvalue weighted by Crippen LogP contribution is 2.31. The number of aromatic nitrogens is 1. The first-order valence-corrected chi connectivity index (χ1v) is 4.58. The number of carboxylic acid groups (broad SMARTS) is 1. The minimum atomic E-state index is -1.19. The number of phenols is 1. The Kier molecular flexibility index (Phi) is 2.36. The van der Waals surface area contributed by atoms with Crippen molar-refractivity contribution in [3.63, 3.8) is 0 Å². The lowest BCUT2D eigenvalue weighted by molar-refractivity contribution is 0.0691. The van der Waals surface area contributed by atoms with Crippen LogP contribution in [0.3, 0.4) is 0 Å². The van der Waals surface area contributed by atoms with Crippen LogP contribution in [0.5, 0.6) is 5.75 Å². The summed E-state index contributed by atoms with van der Waals surface area (Å²) in [4.78, 5) is 14.7. The van der Waals surface area contributed by atoms with Gasteiger partial charge in [0, 0.05) is 6.92 Å². The van der Waals surface area contributed by atoms with Gasteiger partial charge in [0.25, 0.3) is 0 Å². The molecule has 0 amide bonds. The number of rotatable bonds is 2. The maximum Gasteiger partial charge on any atom is 0.358 e. The highest BCUT2D eigenvalue weighted by atomic mass is 16.4. The van der Waals surface area contributed by atoms with Gasteiger partial charge in [-0.1, -0.05) is 12.1 Å². The Bertz CT molecular complexity index is 545. The highest BCUT2D eigenvalue weighted by molar-refractivity contribution is 5.93. The molecule has 0 radical (unpaired) electrons. The summed E-state index contributed by atoms with van der Waals surface area (Å²) < 4.78 is 5.19. The van der Waals surface area contributed by atoms with E-state index in [0.717, 1.165) is 0 Å². The SMILES string of the molecule is Cc1nc(C(=O)O)c(-c2ccccc2O)o1. The van der Waals surface area contributed by atoms with E-state index in [-0.39, 0.29) is 23.1 Å². The summed E-state index contributed by atoms with van der Waals surface area (Å²) in [5.74, 6) is -0.907. The van der Waals surface area contributed by atoms with Crippen LogP contribution in [0.1, 0.15) is 16.4 Å². The average Bonchev–Trinajstić information content (AvgIpc) is 2.61. The number of para-hydroxylation sites is 1. The number of hydrogen-bond donors (Lipinski definition) is 2. The minimum Gasteiger partial charge on any atom is -0.507 e. The van der Waals surface area contributed by atoms with Crippen LogP contribution in [0.15, 0.2) is 28.7 Å². The van der Waals surface area contributed by atoms with Gasteiger partial charge in [0.1, 0.15) is 5.75 Å². The van der Waals surface area contributed by atoms with E-state index >= 15 is 0 Å². The molecule has 0 unspecified atom stereocenters. The number of hydrogen-bond acceptors (Lipinski definition) is 4. The van der Waals surface area contributed by atoms with Crippen LogP contribution in [0.2, 0.25) is 0 Å². The summed E-state index contributed by atoms with van der Waals surface area (Å²) in [5.41, 5.74) is 0.125. The van der Waals surface area contributed by atoms with Crippen molar-refractivity contribution < 1.29 is 19.4 Å². The standard InChI is InChI=1S/C11H9NO4/c1-6-12-9(11(14)15)10(16-6)7-4-2-3-5-8(7)13/h2-5,13H,1H3,(H,14,15). The number of oxazole rings is 1. The zero-order valence-corrected chi connectivity index (χ0v) is 8.47. The maximum atomic E-state index is 10.9. The highest BCUT2D eigenvalue weighted by Gasteiger charge is 2.21. The number of aromatic carboxylic acids is 1. The summed E-state index contributed by atoms with van der Waals surface area (Å²) in [6.07, 6.45) is 0. The normalized spacial score (nSPS) is 10.3. The Labute approximate surface area is 91.0 Å². The van der Waals surface area contributed by atoms with Gasteiger partial charge >= 0.3 is 5.97 Å². The van der Waals surface area contributed by atoms with Crippen molar-refractivity contribution >= 4 is 5.97 Å². The van der Waals surface area contributed by atoms with Gasteiger partial charge in [0.15, 0.2) is 17.3 Å². The number of phenolic OH excluding ortho intramolecular Hbond substituents is 1. The third-order valence-electron chi connectivity index (χ3n) is 2.09. The van der Waals surface area contributed by atoms with E-state index in [2.05, 4.69) is 4.98 Å². The Hall–Kier alpha value is -2.30. The first kappa shape index (κ1) is 10.2. The zero-order chi connectivity index (χ0) is 11.7. The van der Waals surface area contributed by atoms with Crippen LogP contribution in [-0.4, -0.2) is 21.2 Å². The van der Waals surface area contributed by atoms with Crippen LogP contribution in [0.4, 0.5) is 0 Å². The number of benzene rings is 1. The molecule has 0 aliphatic carbocycles. The first-order valence-electron chi connectivity index (χ1n) is 4.58. The third kappa shape index (κ3) is 1.63. The molecule has 1 aromatic carbocycles. The van der Waals surface area contributed by atoms with E-state index in [9.17, 15) is 9.90 Å². The summed E-state index contributed by atoms with van der Waals surface area (Å²) in [6.45, 7) is 1.55. The van der Waals surface area contributed by atoms with Crippen LogP contribution in [0, 0.1) is 6.92 Å². The van der Waals surface area contributed by atoms with Gasteiger partial charge in [-0.25, -0.2) is 9.78 Å². The Morgan fingerprint density at radius 1 is 1.38 bits per heavy atom. The van der Waals surface area contributed by atoms with Crippen molar-refractivity contribution in [2.75, 3.05) is 0 Å². The van der Waals surface area contributed by atoms with E-state index in [0.29, 0.717) is 5.56 Å². The van der Waals surface area contributed by atoms with Crippen molar-refractivity contribution in [2.45, 2.75) is 6.92 Å². The van der Waals surface area contributed by atoms with Crippen molar-refractivity contribution in [1.82, 2.24) is 4.98 Å². The number of aryl methyl sites for hydroxylation is 1. The van der Waals surface area contributed by atoms with Gasteiger partial charge in [-0.3, -0.25) is 0 Å². The van der Waals surface area contributed by atoms with E-state index in [1.165, 1.54) is 6.07 Å². The minimum absolute atomic E-state index is 0.0406. The fourth-order valence-electron chi connectivity index (χ4n) is 1.42. The molecule has 5 nitrogen and oxygen atoms in total. The van der Waals surface area contributed by atoms with Crippen molar-refractivity contribution in [3.05, 3.63) is 35.9 Å². The molecular weight excluding hydrogens is 210 g/mol. The predicted molar refractivity (Wildman–Crippen MR) is 55.3 cm³/mol. The molecule has 2 N–H and O–H groups in total. The molecule has 16 heavy (non-hydrogen) atoms. The lowest BCUT2D eigenvalue weighted by Gasteiger charge is -2.00. The molecule has 0 fully saturated rings. The van der Waals surface area contributed by atoms with Crippen LogP contribution < -0.4 is 0 Å². The van der Waals surface area contributed by atoms with E-state index in [4.69, 9.17) is 9.52 Å². The molecule has 0 aliphatic heterocycles. The molecule has 5 heteroatoms. The molecule has 0 spiro atoms. The topological polar surface area (TPSA) is 83.6 Å². The summed E-state index contributed by atoms with van der Waals surface area (Å²) in [6, 6.07) is 6.35.